The first-order valence-corrected chi connectivity index (χ1v) is 21.0. The molecule has 2 aliphatic rings. The summed E-state index contributed by atoms with van der Waals surface area (Å²) in [6, 6.07) is 21.8. The molecule has 0 saturated carbocycles. The molecule has 0 spiro atoms. The number of ether oxygens (including phenoxy) is 7. The number of thioether (sulfide) groups is 1. The van der Waals surface area contributed by atoms with Crippen molar-refractivity contribution in [1.82, 2.24) is 25.5 Å². The maximum absolute atomic E-state index is 12.3. The number of tetrazole rings is 1. The Morgan fingerprint density at radius 1 is 0.790 bits per heavy atom. The van der Waals surface area contributed by atoms with Gasteiger partial charge < -0.3 is 48.7 Å². The number of phenols is 1. The number of nitrogens with one attached hydrogen (secondary N) is 1. The number of hydrogen-bond acceptors (Lipinski definition) is 18. The molecule has 2 aliphatic heterocycles. The number of carbonyl (C=O) groups is 4. The van der Waals surface area contributed by atoms with Crippen molar-refractivity contribution in [3.8, 4) is 11.4 Å². The maximum atomic E-state index is 12.3. The fourth-order valence-corrected chi connectivity index (χ4v) is 8.09. The number of aliphatic hydroxyl groups is 1. The molecule has 0 bridgehead atoms. The Bertz CT molecular complexity index is 2170. The predicted octanol–water partition coefficient (Wildman–Crippen LogP) is 4.13. The molecule has 62 heavy (non-hydrogen) atoms. The molecular formula is C42H47N5O13S2. The van der Waals surface area contributed by atoms with Crippen LogP contribution in [0.5, 0.6) is 5.75 Å². The second-order valence-electron chi connectivity index (χ2n) is 14.5. The topological polar surface area (TPSA) is 229 Å². The van der Waals surface area contributed by atoms with Crippen molar-refractivity contribution in [3.63, 3.8) is 0 Å². The van der Waals surface area contributed by atoms with Gasteiger partial charge in [-0.2, -0.15) is 4.68 Å². The van der Waals surface area contributed by atoms with E-state index in [4.69, 9.17) is 45.4 Å². The minimum atomic E-state index is -1.29. The molecule has 0 amide bonds. The Balaban J connectivity index is 1.13. The van der Waals surface area contributed by atoms with Crippen molar-refractivity contribution in [2.24, 2.45) is 0 Å². The van der Waals surface area contributed by atoms with E-state index in [1.807, 2.05) is 48.5 Å². The van der Waals surface area contributed by atoms with Crippen LogP contribution in [-0.2, 0) is 65.5 Å². The molecule has 2 saturated heterocycles. The summed E-state index contributed by atoms with van der Waals surface area (Å²) >= 11 is 7.12. The largest absolute Gasteiger partial charge is 0.508 e. The van der Waals surface area contributed by atoms with E-state index in [1.54, 1.807) is 28.9 Å². The van der Waals surface area contributed by atoms with Crippen LogP contribution in [0.4, 0.5) is 0 Å². The van der Waals surface area contributed by atoms with Crippen molar-refractivity contribution >= 4 is 52.8 Å². The van der Waals surface area contributed by atoms with Crippen LogP contribution >= 0.6 is 24.0 Å². The van der Waals surface area contributed by atoms with Gasteiger partial charge in [-0.05, 0) is 51.4 Å². The van der Waals surface area contributed by atoms with Crippen LogP contribution < -0.4 is 5.32 Å². The number of carbonyl (C=O) groups excluding carboxylic acids is 4. The van der Waals surface area contributed by atoms with E-state index in [2.05, 4.69) is 20.8 Å². The van der Waals surface area contributed by atoms with E-state index in [0.717, 1.165) is 36.1 Å². The molecule has 20 heteroatoms. The summed E-state index contributed by atoms with van der Waals surface area (Å²) in [7, 11) is 0. The number of hydrogen-bond donors (Lipinski definition) is 3. The molecule has 8 atom stereocenters. The van der Waals surface area contributed by atoms with Crippen LogP contribution in [0, 0.1) is 0 Å². The summed E-state index contributed by atoms with van der Waals surface area (Å²) < 4.78 is 42.6. The number of aromatic hydroxyl groups is 1. The predicted molar refractivity (Wildman–Crippen MR) is 222 cm³/mol. The third-order valence-electron chi connectivity index (χ3n) is 9.76. The van der Waals surface area contributed by atoms with Crippen LogP contribution in [0.25, 0.3) is 5.69 Å². The lowest BCUT2D eigenvalue weighted by molar-refractivity contribution is -0.251. The third kappa shape index (κ3) is 12.5. The van der Waals surface area contributed by atoms with Crippen LogP contribution in [0.1, 0.15) is 75.2 Å². The van der Waals surface area contributed by atoms with Gasteiger partial charge in [0.1, 0.15) is 24.6 Å². The first-order valence-electron chi connectivity index (χ1n) is 19.6. The van der Waals surface area contributed by atoms with Gasteiger partial charge in [-0.3, -0.25) is 19.2 Å². The zero-order chi connectivity index (χ0) is 44.3. The van der Waals surface area contributed by atoms with Gasteiger partial charge in [0.05, 0.1) is 29.5 Å². The summed E-state index contributed by atoms with van der Waals surface area (Å²) in [5, 5.41) is 35.3. The SMILES string of the molecule is CC(=O)OCC1OC(CC(=S)NCc2ccc(C3OC(CSc4nnnn4-c4ccc(O)cc4)CC(c4ccc(CO)cc4)O3)cc2)C(OC(C)=O)C(OC(C)=O)C1OC(C)=O. The fourth-order valence-electron chi connectivity index (χ4n) is 6.95. The Morgan fingerprint density at radius 3 is 2.03 bits per heavy atom. The lowest BCUT2D eigenvalue weighted by Gasteiger charge is -2.44. The summed E-state index contributed by atoms with van der Waals surface area (Å²) in [5.41, 5.74) is 4.05. The zero-order valence-electron chi connectivity index (χ0n) is 34.3. The number of phenolic OH excluding ortho intramolecular Hbond substituents is 1. The van der Waals surface area contributed by atoms with Crippen molar-refractivity contribution < 1.29 is 62.5 Å². The van der Waals surface area contributed by atoms with E-state index in [1.165, 1.54) is 25.6 Å². The summed E-state index contributed by atoms with van der Waals surface area (Å²) in [6.45, 7) is 4.58. The molecule has 6 rings (SSSR count). The summed E-state index contributed by atoms with van der Waals surface area (Å²) in [5.74, 6) is -2.13. The highest BCUT2D eigenvalue weighted by Crippen LogP contribution is 2.40. The van der Waals surface area contributed by atoms with E-state index >= 15 is 0 Å². The first-order chi connectivity index (χ1) is 29.8. The number of benzene rings is 3. The normalized spacial score (nSPS) is 23.4. The van der Waals surface area contributed by atoms with Gasteiger partial charge >= 0.3 is 23.9 Å². The number of aromatic nitrogens is 4. The highest BCUT2D eigenvalue weighted by molar-refractivity contribution is 7.99. The second-order valence-corrected chi connectivity index (χ2v) is 16.0. The van der Waals surface area contributed by atoms with Crippen LogP contribution in [0.2, 0.25) is 0 Å². The molecule has 4 aromatic rings. The van der Waals surface area contributed by atoms with Crippen molar-refractivity contribution in [2.75, 3.05) is 12.4 Å². The van der Waals surface area contributed by atoms with E-state index in [0.29, 0.717) is 34.6 Å². The molecule has 0 aliphatic carbocycles. The Labute approximate surface area is 366 Å². The maximum Gasteiger partial charge on any atom is 0.303 e. The van der Waals surface area contributed by atoms with Crippen molar-refractivity contribution in [3.05, 3.63) is 95.1 Å². The van der Waals surface area contributed by atoms with Gasteiger partial charge in [0.15, 0.2) is 24.6 Å². The number of thiocarbonyl (C=S) groups is 1. The van der Waals surface area contributed by atoms with E-state index in [-0.39, 0.29) is 37.6 Å². The van der Waals surface area contributed by atoms with Crippen LogP contribution in [-0.4, -0.2) is 108 Å². The van der Waals surface area contributed by atoms with Gasteiger partial charge in [-0.1, -0.05) is 72.5 Å². The molecule has 3 heterocycles. The van der Waals surface area contributed by atoms with Gasteiger partial charge in [0.25, 0.3) is 0 Å². The number of nitrogens with zero attached hydrogens (tertiary/aromatic N) is 4. The van der Waals surface area contributed by atoms with Crippen molar-refractivity contribution in [2.45, 2.75) is 108 Å². The highest BCUT2D eigenvalue weighted by atomic mass is 32.2. The standard InChI is InChI=1S/C42H47N5O13S2/c1-23(49)54-21-36-39(56-25(3)51)40(57-26(4)52)38(55-24(2)50)35(59-36)18-37(61)43-19-27-5-11-30(12-6-27)41-58-33(17-34(60-41)29-9-7-28(20-48)8-10-29)22-62-42-44-45-46-47(42)31-13-15-32(53)16-14-31/h5-16,33-36,38-41,48,53H,17-22H2,1-4H3,(H,43,61). The number of rotatable bonds is 16. The zero-order valence-corrected chi connectivity index (χ0v) is 35.9. The monoisotopic (exact) mass is 893 g/mol. The van der Waals surface area contributed by atoms with E-state index < -0.39 is 60.7 Å². The molecule has 8 unspecified atom stereocenters. The number of esters is 4. The average molecular weight is 894 g/mol. The molecule has 1 aromatic heterocycles. The minimum absolute atomic E-state index is 0.00235. The summed E-state index contributed by atoms with van der Waals surface area (Å²) in [6.07, 6.45) is -6.63. The van der Waals surface area contributed by atoms with Gasteiger partial charge in [0, 0.05) is 58.4 Å². The lowest BCUT2D eigenvalue weighted by atomic mass is 9.92. The van der Waals surface area contributed by atoms with Crippen molar-refractivity contribution in [1.29, 1.82) is 0 Å². The average Bonchev–Trinajstić information content (AvgIpc) is 3.72. The molecule has 0 radical (unpaired) electrons. The molecule has 3 N–H and O–H groups in total. The quantitative estimate of drug-likeness (QED) is 0.0622. The summed E-state index contributed by atoms with van der Waals surface area (Å²) in [4.78, 5) is 48.6. The Morgan fingerprint density at radius 2 is 1.40 bits per heavy atom. The van der Waals surface area contributed by atoms with Crippen LogP contribution in [0.15, 0.2) is 78.0 Å². The smallest absolute Gasteiger partial charge is 0.303 e. The molecular weight excluding hydrogens is 847 g/mol. The fraction of sp³-hybridized carbons (Fsp3) is 0.429. The third-order valence-corrected chi connectivity index (χ3v) is 11.1. The second kappa shape index (κ2) is 21.5. The molecule has 2 fully saturated rings. The highest BCUT2D eigenvalue weighted by Gasteiger charge is 2.52. The Hall–Kier alpha value is -5.51. The molecule has 330 valence electrons. The van der Waals surface area contributed by atoms with Gasteiger partial charge in [0.2, 0.25) is 5.16 Å². The first kappa shape index (κ1) is 46.0. The van der Waals surface area contributed by atoms with Gasteiger partial charge in [-0.15, -0.1) is 5.10 Å². The van der Waals surface area contributed by atoms with Gasteiger partial charge in [-0.25, -0.2) is 0 Å². The van der Waals surface area contributed by atoms with Crippen LogP contribution in [0.3, 0.4) is 0 Å². The number of aliphatic hydroxyl groups excluding tert-OH is 1. The van der Waals surface area contributed by atoms with E-state index in [9.17, 15) is 29.4 Å². The minimum Gasteiger partial charge on any atom is -0.508 e. The molecule has 3 aromatic carbocycles. The Kier molecular flexibility index (Phi) is 16.0. The molecule has 18 nitrogen and oxygen atoms in total. The lowest BCUT2D eigenvalue weighted by Crippen LogP contribution is -2.62.